The van der Waals surface area contributed by atoms with Crippen molar-refractivity contribution in [1.82, 2.24) is 0 Å². The molecule has 3 rings (SSSR count). The highest BCUT2D eigenvalue weighted by atomic mass is 32.2. The summed E-state index contributed by atoms with van der Waals surface area (Å²) in [6.07, 6.45) is 1.89. The zero-order valence-corrected chi connectivity index (χ0v) is 12.4. The maximum atomic E-state index is 9.17. The number of oxime groups is 1. The molecule has 1 aliphatic heterocycles. The standard InChI is InChI=1S/C17H17NO2S/c19-18-17(11-10-16-12-21-16)13-6-8-15(9-7-13)20-14-4-2-1-3-5-14/h1-9,16,19H,10-12H2/b18-17-. The Bertz CT molecular complexity index is 606. The SMILES string of the molecule is O/N=C(/CCC1CS1)c1ccc(Oc2ccccc2)cc1. The number of rotatable bonds is 6. The molecule has 0 amide bonds. The lowest BCUT2D eigenvalue weighted by molar-refractivity contribution is 0.318. The Morgan fingerprint density at radius 3 is 2.38 bits per heavy atom. The molecule has 21 heavy (non-hydrogen) atoms. The van der Waals surface area contributed by atoms with E-state index < -0.39 is 0 Å². The van der Waals surface area contributed by atoms with Gasteiger partial charge in [-0.15, -0.1) is 0 Å². The summed E-state index contributed by atoms with van der Waals surface area (Å²) in [6, 6.07) is 17.4. The van der Waals surface area contributed by atoms with Crippen LogP contribution in [0.25, 0.3) is 0 Å². The first-order valence-corrected chi connectivity index (χ1v) is 8.06. The fourth-order valence-corrected chi connectivity index (χ4v) is 2.71. The number of hydrogen-bond acceptors (Lipinski definition) is 4. The van der Waals surface area contributed by atoms with Gasteiger partial charge in [-0.3, -0.25) is 0 Å². The van der Waals surface area contributed by atoms with Crippen molar-refractivity contribution in [2.75, 3.05) is 5.75 Å². The van der Waals surface area contributed by atoms with Crippen LogP contribution in [0, 0.1) is 0 Å². The minimum absolute atomic E-state index is 0.744. The van der Waals surface area contributed by atoms with Crippen LogP contribution in [0.15, 0.2) is 59.8 Å². The van der Waals surface area contributed by atoms with Crippen molar-refractivity contribution >= 4 is 17.5 Å². The first kappa shape index (κ1) is 14.0. The summed E-state index contributed by atoms with van der Waals surface area (Å²) in [5, 5.41) is 13.4. The van der Waals surface area contributed by atoms with Gasteiger partial charge >= 0.3 is 0 Å². The lowest BCUT2D eigenvalue weighted by atomic mass is 10.0. The summed E-state index contributed by atoms with van der Waals surface area (Å²) in [7, 11) is 0. The lowest BCUT2D eigenvalue weighted by Crippen LogP contribution is -2.02. The second kappa shape index (κ2) is 6.68. The highest BCUT2D eigenvalue weighted by molar-refractivity contribution is 8.06. The molecule has 1 aliphatic rings. The molecule has 1 N–H and O–H groups in total. The summed E-state index contributed by atoms with van der Waals surface area (Å²) in [4.78, 5) is 0. The Morgan fingerprint density at radius 2 is 1.76 bits per heavy atom. The van der Waals surface area contributed by atoms with Crippen LogP contribution in [0.2, 0.25) is 0 Å². The molecule has 0 radical (unpaired) electrons. The molecule has 1 unspecified atom stereocenters. The van der Waals surface area contributed by atoms with Crippen LogP contribution in [0.4, 0.5) is 0 Å². The quantitative estimate of drug-likeness (QED) is 0.368. The third-order valence-electron chi connectivity index (χ3n) is 3.39. The van der Waals surface area contributed by atoms with Crippen LogP contribution in [0.5, 0.6) is 11.5 Å². The molecule has 1 heterocycles. The predicted molar refractivity (Wildman–Crippen MR) is 86.8 cm³/mol. The van der Waals surface area contributed by atoms with Gasteiger partial charge in [0.15, 0.2) is 0 Å². The normalized spacial score (nSPS) is 17.5. The molecule has 0 aromatic heterocycles. The van der Waals surface area contributed by atoms with Crippen LogP contribution in [0.3, 0.4) is 0 Å². The second-order valence-corrected chi connectivity index (χ2v) is 6.31. The Kier molecular flexibility index (Phi) is 4.46. The third kappa shape index (κ3) is 4.02. The van der Waals surface area contributed by atoms with Crippen molar-refractivity contribution in [2.45, 2.75) is 18.1 Å². The van der Waals surface area contributed by atoms with Crippen LogP contribution in [0.1, 0.15) is 18.4 Å². The molecule has 0 spiro atoms. The number of ether oxygens (including phenoxy) is 1. The molecule has 2 aromatic rings. The number of hydrogen-bond donors (Lipinski definition) is 1. The fraction of sp³-hybridized carbons (Fsp3) is 0.235. The molecule has 2 aromatic carbocycles. The van der Waals surface area contributed by atoms with Crippen molar-refractivity contribution in [3.8, 4) is 11.5 Å². The van der Waals surface area contributed by atoms with E-state index in [2.05, 4.69) is 5.16 Å². The number of thioether (sulfide) groups is 1. The third-order valence-corrected chi connectivity index (χ3v) is 4.43. The van der Waals surface area contributed by atoms with Gasteiger partial charge in [0.25, 0.3) is 0 Å². The molecule has 1 atom stereocenters. The van der Waals surface area contributed by atoms with Crippen LogP contribution in [-0.2, 0) is 0 Å². The molecule has 108 valence electrons. The molecule has 0 bridgehead atoms. The minimum atomic E-state index is 0.744. The van der Waals surface area contributed by atoms with Gasteiger partial charge in [0.2, 0.25) is 0 Å². The van der Waals surface area contributed by atoms with E-state index in [1.807, 2.05) is 66.4 Å². The average Bonchev–Trinajstić information content (AvgIpc) is 3.35. The summed E-state index contributed by atoms with van der Waals surface area (Å²) in [5.41, 5.74) is 1.69. The number of nitrogens with zero attached hydrogens (tertiary/aromatic N) is 1. The van der Waals surface area contributed by atoms with Crippen molar-refractivity contribution < 1.29 is 9.94 Å². The molecular formula is C17H17NO2S. The van der Waals surface area contributed by atoms with E-state index in [1.54, 1.807) is 0 Å². The van der Waals surface area contributed by atoms with Gasteiger partial charge < -0.3 is 9.94 Å². The monoisotopic (exact) mass is 299 g/mol. The van der Waals surface area contributed by atoms with E-state index in [4.69, 9.17) is 9.94 Å². The summed E-state index contributed by atoms with van der Waals surface area (Å²) in [6.45, 7) is 0. The first-order chi connectivity index (χ1) is 10.3. The summed E-state index contributed by atoms with van der Waals surface area (Å²) < 4.78 is 5.75. The zero-order valence-electron chi connectivity index (χ0n) is 11.6. The Morgan fingerprint density at radius 1 is 1.10 bits per heavy atom. The van der Waals surface area contributed by atoms with E-state index in [9.17, 15) is 0 Å². The van der Waals surface area contributed by atoms with Gasteiger partial charge in [0.1, 0.15) is 11.5 Å². The van der Waals surface area contributed by atoms with Crippen molar-refractivity contribution in [3.63, 3.8) is 0 Å². The molecule has 3 nitrogen and oxygen atoms in total. The summed E-state index contributed by atoms with van der Waals surface area (Å²) >= 11 is 1.96. The van der Waals surface area contributed by atoms with Crippen LogP contribution < -0.4 is 4.74 Å². The maximum Gasteiger partial charge on any atom is 0.127 e. The van der Waals surface area contributed by atoms with E-state index in [1.165, 1.54) is 5.75 Å². The summed E-state index contributed by atoms with van der Waals surface area (Å²) in [5.74, 6) is 2.83. The molecular weight excluding hydrogens is 282 g/mol. The van der Waals surface area contributed by atoms with Gasteiger partial charge in [-0.2, -0.15) is 11.8 Å². The van der Waals surface area contributed by atoms with Crippen molar-refractivity contribution in [1.29, 1.82) is 0 Å². The largest absolute Gasteiger partial charge is 0.457 e. The van der Waals surface area contributed by atoms with E-state index in [-0.39, 0.29) is 0 Å². The highest BCUT2D eigenvalue weighted by Crippen LogP contribution is 2.34. The molecule has 0 aliphatic carbocycles. The van der Waals surface area contributed by atoms with Crippen LogP contribution in [-0.4, -0.2) is 21.9 Å². The van der Waals surface area contributed by atoms with Gasteiger partial charge in [0.05, 0.1) is 5.71 Å². The lowest BCUT2D eigenvalue weighted by Gasteiger charge is -2.07. The zero-order chi connectivity index (χ0) is 14.5. The Balaban J connectivity index is 1.65. The average molecular weight is 299 g/mol. The Hall–Kier alpha value is -1.94. The van der Waals surface area contributed by atoms with Gasteiger partial charge in [0, 0.05) is 11.0 Å². The molecule has 0 saturated carbocycles. The van der Waals surface area contributed by atoms with Gasteiger partial charge in [-0.05, 0) is 54.8 Å². The van der Waals surface area contributed by atoms with Crippen LogP contribution >= 0.6 is 11.8 Å². The van der Waals surface area contributed by atoms with Gasteiger partial charge in [-0.25, -0.2) is 0 Å². The smallest absolute Gasteiger partial charge is 0.127 e. The fourth-order valence-electron chi connectivity index (χ4n) is 2.12. The van der Waals surface area contributed by atoms with Crippen molar-refractivity contribution in [2.24, 2.45) is 5.16 Å². The van der Waals surface area contributed by atoms with E-state index in [0.717, 1.165) is 40.9 Å². The van der Waals surface area contributed by atoms with E-state index >= 15 is 0 Å². The first-order valence-electron chi connectivity index (χ1n) is 7.01. The highest BCUT2D eigenvalue weighted by Gasteiger charge is 2.22. The minimum Gasteiger partial charge on any atom is -0.457 e. The molecule has 1 saturated heterocycles. The number of benzene rings is 2. The molecule has 1 fully saturated rings. The predicted octanol–water partition coefficient (Wildman–Crippen LogP) is 4.55. The van der Waals surface area contributed by atoms with Gasteiger partial charge in [-0.1, -0.05) is 23.4 Å². The number of para-hydroxylation sites is 1. The maximum absolute atomic E-state index is 9.17. The second-order valence-electron chi connectivity index (χ2n) is 4.98. The topological polar surface area (TPSA) is 41.8 Å². The Labute approximate surface area is 128 Å². The van der Waals surface area contributed by atoms with E-state index in [0.29, 0.717) is 0 Å². The molecule has 4 heteroatoms. The van der Waals surface area contributed by atoms with Crippen molar-refractivity contribution in [3.05, 3.63) is 60.2 Å².